The number of thioether (sulfide) groups is 1. The summed E-state index contributed by atoms with van der Waals surface area (Å²) in [5.41, 5.74) is 1.30. The first kappa shape index (κ1) is 12.8. The lowest BCUT2D eigenvalue weighted by molar-refractivity contribution is 0.340. The third-order valence-corrected chi connectivity index (χ3v) is 4.65. The van der Waals surface area contributed by atoms with Crippen LogP contribution < -0.4 is 10.1 Å². The van der Waals surface area contributed by atoms with E-state index >= 15 is 0 Å². The van der Waals surface area contributed by atoms with Crippen LogP contribution in [0.25, 0.3) is 0 Å². The van der Waals surface area contributed by atoms with Crippen molar-refractivity contribution in [3.63, 3.8) is 0 Å². The Morgan fingerprint density at radius 1 is 1.41 bits per heavy atom. The van der Waals surface area contributed by atoms with Crippen molar-refractivity contribution in [2.75, 3.05) is 19.4 Å². The third kappa shape index (κ3) is 3.65. The van der Waals surface area contributed by atoms with Crippen LogP contribution in [0.2, 0.25) is 0 Å². The molecule has 0 bridgehead atoms. The molecule has 0 aliphatic heterocycles. The molecule has 2 nitrogen and oxygen atoms in total. The molecule has 3 heteroatoms. The molecule has 0 amide bonds. The molecule has 1 N–H and O–H groups in total. The molecule has 1 aliphatic rings. The quantitative estimate of drug-likeness (QED) is 0.804. The fourth-order valence-electron chi connectivity index (χ4n) is 1.94. The molecule has 0 aromatic heterocycles. The van der Waals surface area contributed by atoms with Crippen LogP contribution >= 0.6 is 11.8 Å². The van der Waals surface area contributed by atoms with Crippen LogP contribution in [0, 0.1) is 0 Å². The zero-order chi connectivity index (χ0) is 12.1. The topological polar surface area (TPSA) is 21.3 Å². The Bertz CT molecular complexity index is 363. The molecular weight excluding hydrogens is 230 g/mol. The molecule has 0 spiro atoms. The van der Waals surface area contributed by atoms with Crippen LogP contribution in [0.1, 0.15) is 25.3 Å². The number of hydrogen-bond acceptors (Lipinski definition) is 3. The minimum absolute atomic E-state index is 0.539. The fourth-order valence-corrected chi connectivity index (χ4v) is 2.70. The van der Waals surface area contributed by atoms with Gasteiger partial charge in [-0.2, -0.15) is 11.8 Å². The molecule has 1 aliphatic carbocycles. The lowest BCUT2D eigenvalue weighted by Gasteiger charge is -2.13. The van der Waals surface area contributed by atoms with Crippen molar-refractivity contribution in [1.29, 1.82) is 0 Å². The van der Waals surface area contributed by atoms with Gasteiger partial charge in [0.05, 0.1) is 6.61 Å². The van der Waals surface area contributed by atoms with E-state index in [1.807, 2.05) is 24.8 Å². The summed E-state index contributed by atoms with van der Waals surface area (Å²) < 4.78 is 6.03. The minimum Gasteiger partial charge on any atom is -0.494 e. The number of rotatable bonds is 7. The van der Waals surface area contributed by atoms with Crippen molar-refractivity contribution >= 4 is 11.8 Å². The summed E-state index contributed by atoms with van der Waals surface area (Å²) in [6.07, 6.45) is 4.94. The van der Waals surface area contributed by atoms with Gasteiger partial charge in [-0.1, -0.05) is 12.1 Å². The van der Waals surface area contributed by atoms with Crippen molar-refractivity contribution in [3.05, 3.63) is 29.8 Å². The van der Waals surface area contributed by atoms with Crippen LogP contribution in [0.15, 0.2) is 24.3 Å². The first-order valence-electron chi connectivity index (χ1n) is 6.25. The highest BCUT2D eigenvalue weighted by Crippen LogP contribution is 2.46. The molecule has 0 saturated heterocycles. The molecule has 1 aromatic carbocycles. The first-order chi connectivity index (χ1) is 8.28. The predicted octanol–water partition coefficient (Wildman–Crippen LogP) is 3.07. The van der Waals surface area contributed by atoms with Gasteiger partial charge in [-0.05, 0) is 43.7 Å². The van der Waals surface area contributed by atoms with Crippen LogP contribution in [-0.2, 0) is 6.54 Å². The molecule has 0 heterocycles. The smallest absolute Gasteiger partial charge is 0.119 e. The van der Waals surface area contributed by atoms with Crippen molar-refractivity contribution in [2.24, 2.45) is 0 Å². The van der Waals surface area contributed by atoms with E-state index in [2.05, 4.69) is 29.8 Å². The lowest BCUT2D eigenvalue weighted by atomic mass is 10.2. The lowest BCUT2D eigenvalue weighted by Crippen LogP contribution is -2.25. The van der Waals surface area contributed by atoms with Gasteiger partial charge in [0, 0.05) is 17.8 Å². The standard InChI is InChI=1S/C14H21NOS/c1-3-16-13-6-4-5-12(9-13)10-15-11-14(17-2)7-8-14/h4-6,9,15H,3,7-8,10-11H2,1-2H3. The van der Waals surface area contributed by atoms with Gasteiger partial charge in [-0.3, -0.25) is 0 Å². The zero-order valence-electron chi connectivity index (χ0n) is 10.7. The van der Waals surface area contributed by atoms with Crippen molar-refractivity contribution in [1.82, 2.24) is 5.32 Å². The van der Waals surface area contributed by atoms with Gasteiger partial charge in [-0.25, -0.2) is 0 Å². The highest BCUT2D eigenvalue weighted by Gasteiger charge is 2.41. The Balaban J connectivity index is 1.80. The predicted molar refractivity (Wildman–Crippen MR) is 74.8 cm³/mol. The second-order valence-corrected chi connectivity index (χ2v) is 5.85. The maximum Gasteiger partial charge on any atom is 0.119 e. The van der Waals surface area contributed by atoms with Crippen molar-refractivity contribution < 1.29 is 4.74 Å². The largest absolute Gasteiger partial charge is 0.494 e. The Morgan fingerprint density at radius 3 is 2.88 bits per heavy atom. The van der Waals surface area contributed by atoms with Gasteiger partial charge in [0.1, 0.15) is 5.75 Å². The molecule has 1 fully saturated rings. The van der Waals surface area contributed by atoms with E-state index in [1.54, 1.807) is 0 Å². The molecular formula is C14H21NOS. The van der Waals surface area contributed by atoms with Crippen LogP contribution in [-0.4, -0.2) is 24.2 Å². The average Bonchev–Trinajstić information content (AvgIpc) is 3.11. The van der Waals surface area contributed by atoms with E-state index in [0.717, 1.165) is 25.4 Å². The van der Waals surface area contributed by atoms with Crippen LogP contribution in [0.3, 0.4) is 0 Å². The molecule has 0 unspecified atom stereocenters. The maximum absolute atomic E-state index is 5.50. The van der Waals surface area contributed by atoms with E-state index in [0.29, 0.717) is 4.75 Å². The molecule has 0 radical (unpaired) electrons. The van der Waals surface area contributed by atoms with E-state index in [-0.39, 0.29) is 0 Å². The second kappa shape index (κ2) is 5.78. The maximum atomic E-state index is 5.50. The van der Waals surface area contributed by atoms with Crippen molar-refractivity contribution in [3.8, 4) is 5.75 Å². The van der Waals surface area contributed by atoms with Gasteiger partial charge >= 0.3 is 0 Å². The summed E-state index contributed by atoms with van der Waals surface area (Å²) in [6.45, 7) is 4.79. The number of ether oxygens (including phenoxy) is 1. The van der Waals surface area contributed by atoms with E-state index in [1.165, 1.54) is 18.4 Å². The highest BCUT2D eigenvalue weighted by atomic mass is 32.2. The monoisotopic (exact) mass is 251 g/mol. The molecule has 1 aromatic rings. The first-order valence-corrected chi connectivity index (χ1v) is 7.48. The normalized spacial score (nSPS) is 16.8. The van der Waals surface area contributed by atoms with Gasteiger partial charge in [0.25, 0.3) is 0 Å². The summed E-state index contributed by atoms with van der Waals surface area (Å²) in [7, 11) is 0. The van der Waals surface area contributed by atoms with Crippen LogP contribution in [0.4, 0.5) is 0 Å². The average molecular weight is 251 g/mol. The van der Waals surface area contributed by atoms with Gasteiger partial charge < -0.3 is 10.1 Å². The Hall–Kier alpha value is -0.670. The molecule has 0 atom stereocenters. The number of nitrogens with one attached hydrogen (secondary N) is 1. The minimum atomic E-state index is 0.539. The SMILES string of the molecule is CCOc1cccc(CNCC2(SC)CC2)c1. The number of benzene rings is 1. The highest BCUT2D eigenvalue weighted by molar-refractivity contribution is 8.00. The Labute approximate surface area is 108 Å². The Morgan fingerprint density at radius 2 is 2.24 bits per heavy atom. The summed E-state index contributed by atoms with van der Waals surface area (Å²) in [6, 6.07) is 8.34. The zero-order valence-corrected chi connectivity index (χ0v) is 11.5. The fraction of sp³-hybridized carbons (Fsp3) is 0.571. The molecule has 2 rings (SSSR count). The van der Waals surface area contributed by atoms with Gasteiger partial charge in [0.2, 0.25) is 0 Å². The summed E-state index contributed by atoms with van der Waals surface area (Å²) >= 11 is 2.00. The number of hydrogen-bond donors (Lipinski definition) is 1. The van der Waals surface area contributed by atoms with Crippen molar-refractivity contribution in [2.45, 2.75) is 31.1 Å². The van der Waals surface area contributed by atoms with E-state index in [4.69, 9.17) is 4.74 Å². The van der Waals surface area contributed by atoms with Crippen LogP contribution in [0.5, 0.6) is 5.75 Å². The summed E-state index contributed by atoms with van der Waals surface area (Å²) in [5, 5.41) is 3.55. The molecule has 17 heavy (non-hydrogen) atoms. The van der Waals surface area contributed by atoms with E-state index < -0.39 is 0 Å². The Kier molecular flexibility index (Phi) is 4.35. The van der Waals surface area contributed by atoms with Gasteiger partial charge in [0.15, 0.2) is 0 Å². The molecule has 1 saturated carbocycles. The van der Waals surface area contributed by atoms with Gasteiger partial charge in [-0.15, -0.1) is 0 Å². The molecule has 94 valence electrons. The van der Waals surface area contributed by atoms with E-state index in [9.17, 15) is 0 Å². The summed E-state index contributed by atoms with van der Waals surface area (Å²) in [5.74, 6) is 0.970. The third-order valence-electron chi connectivity index (χ3n) is 3.23. The second-order valence-electron chi connectivity index (χ2n) is 4.57. The summed E-state index contributed by atoms with van der Waals surface area (Å²) in [4.78, 5) is 0.